The van der Waals surface area contributed by atoms with Crippen molar-refractivity contribution in [2.24, 2.45) is 0 Å². The van der Waals surface area contributed by atoms with E-state index in [2.05, 4.69) is 26.1 Å². The molecule has 0 saturated heterocycles. The topological polar surface area (TPSA) is 80.3 Å². The third-order valence-corrected chi connectivity index (χ3v) is 2.05. The number of nitrogens with one attached hydrogen (secondary N) is 1. The summed E-state index contributed by atoms with van der Waals surface area (Å²) < 4.78 is 42.1. The molecule has 98 valence electrons. The van der Waals surface area contributed by atoms with Crippen molar-refractivity contribution in [3.63, 3.8) is 0 Å². The van der Waals surface area contributed by atoms with Gasteiger partial charge in [0.05, 0.1) is 6.26 Å². The quantitative estimate of drug-likeness (QED) is 0.855. The molecule has 0 atom stereocenters. The summed E-state index contributed by atoms with van der Waals surface area (Å²) in [6.45, 7) is 0.361. The second kappa shape index (κ2) is 7.17. The van der Waals surface area contributed by atoms with Crippen molar-refractivity contribution in [3.8, 4) is 0 Å². The van der Waals surface area contributed by atoms with Crippen LogP contribution in [-0.4, -0.2) is 23.1 Å². The van der Waals surface area contributed by atoms with Crippen LogP contribution in [0.3, 0.4) is 0 Å². The van der Waals surface area contributed by atoms with Crippen LogP contribution in [0, 0.1) is 0 Å². The maximum atomic E-state index is 10.7. The molecule has 1 aromatic carbocycles. The monoisotopic (exact) mass is 319 g/mol. The van der Waals surface area contributed by atoms with Crippen molar-refractivity contribution in [1.29, 1.82) is 0 Å². The number of hydrogen-bond donors (Lipinski definition) is 1. The molecule has 1 aromatic rings. The third kappa shape index (κ3) is 15.7. The Bertz CT molecular complexity index is 520. The molecule has 17 heavy (non-hydrogen) atoms. The first-order valence-corrected chi connectivity index (χ1v) is 9.23. The molecule has 0 bridgehead atoms. The van der Waals surface area contributed by atoms with Crippen LogP contribution in [0.1, 0.15) is 5.56 Å². The maximum Gasteiger partial charge on any atom is 0.317 e. The fraction of sp³-hybridized carbons (Fsp3) is 0.250. The van der Waals surface area contributed by atoms with E-state index < -0.39 is 18.3 Å². The number of hydrogen-bond acceptors (Lipinski definition) is 4. The van der Waals surface area contributed by atoms with Gasteiger partial charge in [-0.1, -0.05) is 30.3 Å². The van der Waals surface area contributed by atoms with Crippen LogP contribution >= 0.6 is 21.4 Å². The van der Waals surface area contributed by atoms with Gasteiger partial charge in [-0.15, -0.1) is 0 Å². The Balaban J connectivity index is 0.000000437. The first-order valence-electron chi connectivity index (χ1n) is 4.21. The van der Waals surface area contributed by atoms with Gasteiger partial charge in [0.2, 0.25) is 10.0 Å². The average molecular weight is 320 g/mol. The summed E-state index contributed by atoms with van der Waals surface area (Å²) in [5.41, 5.74) is 0.961. The molecule has 0 spiro atoms. The van der Waals surface area contributed by atoms with Crippen LogP contribution in [0.4, 0.5) is 0 Å². The first-order chi connectivity index (χ1) is 7.58. The minimum Gasteiger partial charge on any atom is -0.213 e. The zero-order valence-corrected chi connectivity index (χ0v) is 11.9. The first kappa shape index (κ1) is 16.7. The Kier molecular flexibility index (Phi) is 7.03. The van der Waals surface area contributed by atoms with Crippen molar-refractivity contribution >= 4 is 39.7 Å². The molecule has 0 aromatic heterocycles. The molecular weight excluding hydrogens is 309 g/mol. The Hall–Kier alpha value is -0.340. The molecule has 5 nitrogen and oxygen atoms in total. The zero-order chi connectivity index (χ0) is 13.5. The van der Waals surface area contributed by atoms with E-state index in [1.807, 2.05) is 30.3 Å². The normalized spacial score (nSPS) is 11.5. The van der Waals surface area contributed by atoms with E-state index in [0.717, 1.165) is 11.8 Å². The fourth-order valence-corrected chi connectivity index (χ4v) is 1.24. The minimum atomic E-state index is -3.72. The van der Waals surface area contributed by atoms with Crippen molar-refractivity contribution < 1.29 is 16.8 Å². The lowest BCUT2D eigenvalue weighted by atomic mass is 10.2. The van der Waals surface area contributed by atoms with Crippen LogP contribution in [0.15, 0.2) is 30.3 Å². The molecule has 0 aliphatic carbocycles. The lowest BCUT2D eigenvalue weighted by Gasteiger charge is -2.00. The van der Waals surface area contributed by atoms with E-state index in [-0.39, 0.29) is 0 Å². The Morgan fingerprint density at radius 2 is 1.47 bits per heavy atom. The molecule has 1 rings (SSSR count). The summed E-state index contributed by atoms with van der Waals surface area (Å²) in [4.78, 5) is 0. The second-order valence-corrected chi connectivity index (χ2v) is 8.46. The van der Waals surface area contributed by atoms with E-state index in [1.54, 1.807) is 0 Å². The van der Waals surface area contributed by atoms with Gasteiger partial charge in [0, 0.05) is 27.9 Å². The SMILES string of the molecule is CS(=O)(=O)NCc1ccccc1.O=S(=O)(Cl)Cl. The maximum absolute atomic E-state index is 10.7. The van der Waals surface area contributed by atoms with Gasteiger partial charge in [-0.2, -0.15) is 8.42 Å². The summed E-state index contributed by atoms with van der Waals surface area (Å²) >= 11 is 0. The fourth-order valence-electron chi connectivity index (χ4n) is 0.810. The molecule has 0 aliphatic heterocycles. The van der Waals surface area contributed by atoms with Gasteiger partial charge in [0.15, 0.2) is 0 Å². The van der Waals surface area contributed by atoms with Crippen molar-refractivity contribution in [2.45, 2.75) is 6.54 Å². The smallest absolute Gasteiger partial charge is 0.213 e. The van der Waals surface area contributed by atoms with E-state index in [1.165, 1.54) is 0 Å². The molecule has 0 unspecified atom stereocenters. The van der Waals surface area contributed by atoms with Crippen molar-refractivity contribution in [2.75, 3.05) is 6.26 Å². The predicted octanol–water partition coefficient (Wildman–Crippen LogP) is 1.44. The van der Waals surface area contributed by atoms with Gasteiger partial charge in [-0.3, -0.25) is 0 Å². The summed E-state index contributed by atoms with van der Waals surface area (Å²) in [6.07, 6.45) is 1.15. The molecule has 0 amide bonds. The Morgan fingerprint density at radius 3 is 1.82 bits per heavy atom. The molecule has 0 aliphatic rings. The van der Waals surface area contributed by atoms with Gasteiger partial charge < -0.3 is 0 Å². The number of sulfonamides is 1. The predicted molar refractivity (Wildman–Crippen MR) is 68.8 cm³/mol. The highest BCUT2D eigenvalue weighted by molar-refractivity contribution is 8.31. The summed E-state index contributed by atoms with van der Waals surface area (Å²) in [6, 6.07) is 9.39. The molecule has 0 heterocycles. The summed E-state index contributed by atoms with van der Waals surface area (Å²) in [7, 11) is 1.74. The van der Waals surface area contributed by atoms with E-state index >= 15 is 0 Å². The average Bonchev–Trinajstić information content (AvgIpc) is 2.13. The standard InChI is InChI=1S/C8H11NO2S.Cl2O2S/c1-12(10,11)9-7-8-5-3-2-4-6-8;1-5(2,3)4/h2-6,9H,7H2,1H3;. The number of rotatable bonds is 3. The minimum absolute atomic E-state index is 0.361. The van der Waals surface area contributed by atoms with Crippen LogP contribution < -0.4 is 4.72 Å². The zero-order valence-electron chi connectivity index (χ0n) is 8.80. The van der Waals surface area contributed by atoms with E-state index in [9.17, 15) is 8.42 Å². The van der Waals surface area contributed by atoms with Crippen molar-refractivity contribution in [1.82, 2.24) is 4.72 Å². The van der Waals surface area contributed by atoms with Crippen LogP contribution in [-0.2, 0) is 24.8 Å². The molecular formula is C8H11Cl2NO4S2. The Morgan fingerprint density at radius 1 is 1.06 bits per heavy atom. The largest absolute Gasteiger partial charge is 0.317 e. The van der Waals surface area contributed by atoms with Gasteiger partial charge in [-0.25, -0.2) is 13.1 Å². The van der Waals surface area contributed by atoms with Crippen LogP contribution in [0.2, 0.25) is 0 Å². The van der Waals surface area contributed by atoms with E-state index in [4.69, 9.17) is 8.42 Å². The van der Waals surface area contributed by atoms with E-state index in [0.29, 0.717) is 6.54 Å². The molecule has 1 N–H and O–H groups in total. The molecule has 0 saturated carbocycles. The molecule has 9 heteroatoms. The highest BCUT2D eigenvalue weighted by atomic mass is 36.0. The Labute approximate surface area is 110 Å². The van der Waals surface area contributed by atoms with Gasteiger partial charge in [0.25, 0.3) is 0 Å². The van der Waals surface area contributed by atoms with Crippen LogP contribution in [0.5, 0.6) is 0 Å². The molecule has 0 fully saturated rings. The summed E-state index contributed by atoms with van der Waals surface area (Å²) in [5.74, 6) is 0. The van der Waals surface area contributed by atoms with Crippen molar-refractivity contribution in [3.05, 3.63) is 35.9 Å². The van der Waals surface area contributed by atoms with Crippen LogP contribution in [0.25, 0.3) is 0 Å². The summed E-state index contributed by atoms with van der Waals surface area (Å²) in [5, 5.41) is 0. The third-order valence-electron chi connectivity index (χ3n) is 1.38. The highest BCUT2D eigenvalue weighted by Crippen LogP contribution is 1.98. The highest BCUT2D eigenvalue weighted by Gasteiger charge is 1.98. The molecule has 0 radical (unpaired) electrons. The number of benzene rings is 1. The second-order valence-electron chi connectivity index (χ2n) is 2.96. The van der Waals surface area contributed by atoms with Gasteiger partial charge >= 0.3 is 8.26 Å². The van der Waals surface area contributed by atoms with Gasteiger partial charge in [0.1, 0.15) is 0 Å². The van der Waals surface area contributed by atoms with Gasteiger partial charge in [-0.05, 0) is 5.56 Å². The lowest BCUT2D eigenvalue weighted by Crippen LogP contribution is -2.20. The number of halogens is 2. The lowest BCUT2D eigenvalue weighted by molar-refractivity contribution is 0.587.